The Morgan fingerprint density at radius 1 is 1.00 bits per heavy atom. The van der Waals surface area contributed by atoms with Crippen LogP contribution in [-0.2, 0) is 4.79 Å². The molecule has 2 aromatic rings. The molecule has 2 fully saturated rings. The molecule has 2 aliphatic rings. The van der Waals surface area contributed by atoms with E-state index in [9.17, 15) is 9.18 Å². The summed E-state index contributed by atoms with van der Waals surface area (Å²) in [5.74, 6) is 1.13. The van der Waals surface area contributed by atoms with Crippen LogP contribution in [-0.4, -0.2) is 65.8 Å². The minimum Gasteiger partial charge on any atom is -0.366 e. The molecule has 1 aromatic heterocycles. The first-order valence-electron chi connectivity index (χ1n) is 9.69. The molecule has 6 nitrogen and oxygen atoms in total. The molecule has 3 heterocycles. The van der Waals surface area contributed by atoms with E-state index in [2.05, 4.69) is 14.9 Å². The van der Waals surface area contributed by atoms with Crippen LogP contribution in [0.1, 0.15) is 12.8 Å². The molecule has 0 atom stereocenters. The molecule has 28 heavy (non-hydrogen) atoms. The number of hydrogen-bond donors (Lipinski definition) is 0. The lowest BCUT2D eigenvalue weighted by Crippen LogP contribution is -2.49. The first kappa shape index (κ1) is 19.0. The van der Waals surface area contributed by atoms with Crippen molar-refractivity contribution in [3.8, 4) is 0 Å². The number of para-hydroxylation sites is 1. The first-order chi connectivity index (χ1) is 13.7. The van der Waals surface area contributed by atoms with Gasteiger partial charge in [0.25, 0.3) is 0 Å². The summed E-state index contributed by atoms with van der Waals surface area (Å²) >= 11 is 1.38. The van der Waals surface area contributed by atoms with Gasteiger partial charge in [0.1, 0.15) is 11.6 Å². The molecule has 4 rings (SSSR count). The number of thioether (sulfide) groups is 1. The Labute approximate surface area is 168 Å². The molecule has 0 radical (unpaired) electrons. The number of benzene rings is 1. The number of nitrogens with zero attached hydrogens (tertiary/aromatic N) is 5. The van der Waals surface area contributed by atoms with Crippen molar-refractivity contribution in [3.05, 3.63) is 42.3 Å². The van der Waals surface area contributed by atoms with E-state index in [-0.39, 0.29) is 11.7 Å². The molecule has 0 spiro atoms. The summed E-state index contributed by atoms with van der Waals surface area (Å²) in [6.45, 7) is 4.54. The molecule has 0 saturated carbocycles. The molecule has 0 N–H and O–H groups in total. The van der Waals surface area contributed by atoms with E-state index in [0.29, 0.717) is 42.8 Å². The fourth-order valence-corrected chi connectivity index (χ4v) is 4.37. The van der Waals surface area contributed by atoms with Crippen LogP contribution in [0.4, 0.5) is 15.9 Å². The Kier molecular flexibility index (Phi) is 5.95. The lowest BCUT2D eigenvalue weighted by atomic mass is 10.2. The van der Waals surface area contributed by atoms with Crippen LogP contribution < -0.4 is 9.80 Å². The van der Waals surface area contributed by atoms with Crippen molar-refractivity contribution < 1.29 is 9.18 Å². The number of carbonyl (C=O) groups excluding carboxylic acids is 1. The second-order valence-electron chi connectivity index (χ2n) is 7.00. The number of hydrogen-bond acceptors (Lipinski definition) is 6. The molecule has 2 saturated heterocycles. The van der Waals surface area contributed by atoms with Crippen LogP contribution in [0.2, 0.25) is 0 Å². The maximum absolute atomic E-state index is 13.9. The van der Waals surface area contributed by atoms with Crippen LogP contribution in [0.5, 0.6) is 0 Å². The average molecular weight is 402 g/mol. The number of anilines is 2. The van der Waals surface area contributed by atoms with Crippen molar-refractivity contribution in [3.63, 3.8) is 0 Å². The Morgan fingerprint density at radius 2 is 1.75 bits per heavy atom. The molecular weight excluding hydrogens is 377 g/mol. The third kappa shape index (κ3) is 4.38. The summed E-state index contributed by atoms with van der Waals surface area (Å²) in [4.78, 5) is 27.5. The quantitative estimate of drug-likeness (QED) is 0.567. The van der Waals surface area contributed by atoms with E-state index in [1.54, 1.807) is 18.3 Å². The van der Waals surface area contributed by atoms with Gasteiger partial charge in [0.05, 0.1) is 11.4 Å². The summed E-state index contributed by atoms with van der Waals surface area (Å²) in [5, 5.41) is 0.641. The van der Waals surface area contributed by atoms with Gasteiger partial charge >= 0.3 is 0 Å². The molecular formula is C20H24FN5OS. The van der Waals surface area contributed by atoms with Gasteiger partial charge in [-0.15, -0.1) is 0 Å². The molecule has 148 valence electrons. The van der Waals surface area contributed by atoms with Gasteiger partial charge in [-0.25, -0.2) is 14.4 Å². The minimum atomic E-state index is -0.215. The van der Waals surface area contributed by atoms with Gasteiger partial charge in [0, 0.05) is 45.5 Å². The molecule has 0 bridgehead atoms. The van der Waals surface area contributed by atoms with Gasteiger partial charge in [-0.05, 0) is 31.0 Å². The fourth-order valence-electron chi connectivity index (χ4n) is 3.65. The molecule has 1 amide bonds. The second kappa shape index (κ2) is 8.77. The van der Waals surface area contributed by atoms with E-state index in [1.807, 2.05) is 21.9 Å². The van der Waals surface area contributed by atoms with E-state index >= 15 is 0 Å². The smallest absolute Gasteiger partial charge is 0.233 e. The van der Waals surface area contributed by atoms with Crippen molar-refractivity contribution in [1.29, 1.82) is 0 Å². The van der Waals surface area contributed by atoms with Crippen molar-refractivity contribution in [1.82, 2.24) is 14.9 Å². The number of halogens is 1. The summed E-state index contributed by atoms with van der Waals surface area (Å²) in [5.41, 5.74) is 0.608. The van der Waals surface area contributed by atoms with Crippen LogP contribution in [0, 0.1) is 5.82 Å². The van der Waals surface area contributed by atoms with E-state index in [1.165, 1.54) is 30.7 Å². The number of amides is 1. The average Bonchev–Trinajstić information content (AvgIpc) is 3.28. The van der Waals surface area contributed by atoms with Gasteiger partial charge in [-0.3, -0.25) is 4.79 Å². The van der Waals surface area contributed by atoms with E-state index in [4.69, 9.17) is 0 Å². The summed E-state index contributed by atoms with van der Waals surface area (Å²) in [6.07, 6.45) is 4.16. The molecule has 0 aliphatic carbocycles. The number of carbonyl (C=O) groups is 1. The fraction of sp³-hybridized carbons (Fsp3) is 0.450. The van der Waals surface area contributed by atoms with Gasteiger partial charge in [0.15, 0.2) is 5.16 Å². The maximum atomic E-state index is 13.9. The van der Waals surface area contributed by atoms with Crippen LogP contribution >= 0.6 is 11.8 Å². The second-order valence-corrected chi connectivity index (χ2v) is 7.94. The minimum absolute atomic E-state index is 0.0772. The first-order valence-corrected chi connectivity index (χ1v) is 10.7. The summed E-state index contributed by atoms with van der Waals surface area (Å²) < 4.78 is 13.9. The monoisotopic (exact) mass is 401 g/mol. The maximum Gasteiger partial charge on any atom is 0.233 e. The van der Waals surface area contributed by atoms with Crippen molar-refractivity contribution in [2.24, 2.45) is 0 Å². The highest BCUT2D eigenvalue weighted by Gasteiger charge is 2.23. The predicted molar refractivity (Wildman–Crippen MR) is 109 cm³/mol. The SMILES string of the molecule is O=C(CSc1nccc(N2CCCC2)n1)N1CCN(c2ccccc2F)CC1. The van der Waals surface area contributed by atoms with Crippen molar-refractivity contribution >= 4 is 29.2 Å². The van der Waals surface area contributed by atoms with Gasteiger partial charge in [-0.1, -0.05) is 23.9 Å². The number of aromatic nitrogens is 2. The summed E-state index contributed by atoms with van der Waals surface area (Å²) in [7, 11) is 0. The zero-order valence-electron chi connectivity index (χ0n) is 15.8. The molecule has 8 heteroatoms. The van der Waals surface area contributed by atoms with Crippen LogP contribution in [0.15, 0.2) is 41.7 Å². The topological polar surface area (TPSA) is 52.6 Å². The zero-order valence-corrected chi connectivity index (χ0v) is 16.6. The lowest BCUT2D eigenvalue weighted by Gasteiger charge is -2.36. The van der Waals surface area contributed by atoms with Gasteiger partial charge in [-0.2, -0.15) is 0 Å². The molecule has 0 unspecified atom stereocenters. The predicted octanol–water partition coefficient (Wildman–Crippen LogP) is 2.66. The Morgan fingerprint density at radius 3 is 2.50 bits per heavy atom. The van der Waals surface area contributed by atoms with Crippen LogP contribution in [0.25, 0.3) is 0 Å². The number of piperazine rings is 1. The highest BCUT2D eigenvalue weighted by atomic mass is 32.2. The zero-order chi connectivity index (χ0) is 19.3. The molecule has 2 aliphatic heterocycles. The Balaban J connectivity index is 1.28. The van der Waals surface area contributed by atoms with E-state index < -0.39 is 0 Å². The third-order valence-electron chi connectivity index (χ3n) is 5.20. The largest absolute Gasteiger partial charge is 0.366 e. The Hall–Kier alpha value is -2.35. The normalized spacial score (nSPS) is 17.2. The van der Waals surface area contributed by atoms with Crippen LogP contribution in [0.3, 0.4) is 0 Å². The standard InChI is InChI=1S/C20H24FN5OS/c21-16-5-1-2-6-17(16)24-11-13-26(14-12-24)19(27)15-28-20-22-8-7-18(23-20)25-9-3-4-10-25/h1-2,5-8H,3-4,9-15H2. The number of rotatable bonds is 5. The van der Waals surface area contributed by atoms with Crippen molar-refractivity contribution in [2.45, 2.75) is 18.0 Å². The van der Waals surface area contributed by atoms with E-state index in [0.717, 1.165) is 18.9 Å². The van der Waals surface area contributed by atoms with Crippen molar-refractivity contribution in [2.75, 3.05) is 54.8 Å². The molecule has 1 aromatic carbocycles. The highest BCUT2D eigenvalue weighted by molar-refractivity contribution is 7.99. The van der Waals surface area contributed by atoms with Gasteiger partial charge in [0.2, 0.25) is 5.91 Å². The highest BCUT2D eigenvalue weighted by Crippen LogP contribution is 2.22. The lowest BCUT2D eigenvalue weighted by molar-refractivity contribution is -0.128. The Bertz CT molecular complexity index is 822. The third-order valence-corrected chi connectivity index (χ3v) is 6.05. The van der Waals surface area contributed by atoms with Gasteiger partial charge < -0.3 is 14.7 Å². The summed E-state index contributed by atoms with van der Waals surface area (Å²) in [6, 6.07) is 8.71.